The summed E-state index contributed by atoms with van der Waals surface area (Å²) >= 11 is 1.38. The number of rotatable bonds is 6. The first kappa shape index (κ1) is 17.0. The number of benzene rings is 2. The molecule has 8 heteroatoms. The van der Waals surface area contributed by atoms with E-state index in [1.807, 2.05) is 25.1 Å². The molecule has 1 atom stereocenters. The van der Waals surface area contributed by atoms with Gasteiger partial charge in [-0.05, 0) is 25.1 Å². The van der Waals surface area contributed by atoms with Crippen molar-refractivity contribution in [2.75, 3.05) is 19.5 Å². The van der Waals surface area contributed by atoms with Crippen LogP contribution in [0.5, 0.6) is 11.5 Å². The molecule has 0 fully saturated rings. The van der Waals surface area contributed by atoms with E-state index in [0.717, 1.165) is 27.3 Å². The fourth-order valence-corrected chi connectivity index (χ4v) is 3.51. The largest absolute Gasteiger partial charge is 0.497 e. The second-order valence-corrected chi connectivity index (χ2v) is 6.43. The monoisotopic (exact) mass is 359 g/mol. The minimum absolute atomic E-state index is 0.0589. The lowest BCUT2D eigenvalue weighted by molar-refractivity contribution is -0.384. The maximum absolute atomic E-state index is 10.9. The smallest absolute Gasteiger partial charge is 0.270 e. The van der Waals surface area contributed by atoms with Crippen LogP contribution in [-0.4, -0.2) is 24.1 Å². The molecule has 0 aliphatic carbocycles. The van der Waals surface area contributed by atoms with Gasteiger partial charge in [0.1, 0.15) is 11.5 Å². The van der Waals surface area contributed by atoms with E-state index >= 15 is 0 Å². The Kier molecular flexibility index (Phi) is 4.71. The van der Waals surface area contributed by atoms with Gasteiger partial charge in [0.25, 0.3) is 5.69 Å². The topological polar surface area (TPSA) is 86.5 Å². The minimum atomic E-state index is -0.406. The average Bonchev–Trinajstić information content (AvgIpc) is 3.02. The van der Waals surface area contributed by atoms with Crippen molar-refractivity contribution >= 4 is 32.4 Å². The molecule has 1 unspecified atom stereocenters. The molecule has 1 aromatic heterocycles. The average molecular weight is 359 g/mol. The number of hydrogen-bond donors (Lipinski definition) is 1. The highest BCUT2D eigenvalue weighted by Gasteiger charge is 2.15. The van der Waals surface area contributed by atoms with Crippen molar-refractivity contribution in [3.8, 4) is 11.5 Å². The first-order chi connectivity index (χ1) is 12.0. The molecule has 3 aromatic rings. The second-order valence-electron chi connectivity index (χ2n) is 5.40. The fraction of sp³-hybridized carbons (Fsp3) is 0.235. The zero-order chi connectivity index (χ0) is 18.0. The molecule has 0 aliphatic rings. The zero-order valence-electron chi connectivity index (χ0n) is 14.0. The van der Waals surface area contributed by atoms with Crippen LogP contribution in [0.1, 0.15) is 18.5 Å². The van der Waals surface area contributed by atoms with Crippen LogP contribution in [0.25, 0.3) is 10.2 Å². The number of methoxy groups -OCH3 is 2. The van der Waals surface area contributed by atoms with E-state index in [1.165, 1.54) is 23.5 Å². The molecule has 1 heterocycles. The molecule has 0 spiro atoms. The van der Waals surface area contributed by atoms with Crippen LogP contribution >= 0.6 is 11.3 Å². The molecule has 7 nitrogen and oxygen atoms in total. The molecule has 25 heavy (non-hydrogen) atoms. The van der Waals surface area contributed by atoms with Gasteiger partial charge in [-0.2, -0.15) is 0 Å². The highest BCUT2D eigenvalue weighted by atomic mass is 32.1. The Balaban J connectivity index is 1.86. The van der Waals surface area contributed by atoms with Crippen molar-refractivity contribution in [2.45, 2.75) is 13.0 Å². The first-order valence-electron chi connectivity index (χ1n) is 7.55. The summed E-state index contributed by atoms with van der Waals surface area (Å²) in [5, 5.41) is 14.9. The lowest BCUT2D eigenvalue weighted by atomic mass is 10.1. The minimum Gasteiger partial charge on any atom is -0.497 e. The molecular weight excluding hydrogens is 342 g/mol. The normalized spacial score (nSPS) is 12.0. The van der Waals surface area contributed by atoms with Gasteiger partial charge in [0.2, 0.25) is 0 Å². The van der Waals surface area contributed by atoms with Crippen molar-refractivity contribution in [2.24, 2.45) is 0 Å². The highest BCUT2D eigenvalue weighted by molar-refractivity contribution is 7.22. The van der Waals surface area contributed by atoms with Crippen LogP contribution in [0.4, 0.5) is 10.8 Å². The molecule has 0 saturated carbocycles. The zero-order valence-corrected chi connectivity index (χ0v) is 14.8. The third-order valence-electron chi connectivity index (χ3n) is 3.83. The van der Waals surface area contributed by atoms with Crippen LogP contribution in [0.2, 0.25) is 0 Å². The Hall–Kier alpha value is -2.87. The summed E-state index contributed by atoms with van der Waals surface area (Å²) in [6, 6.07) is 10.2. The summed E-state index contributed by atoms with van der Waals surface area (Å²) in [5.74, 6) is 1.44. The van der Waals surface area contributed by atoms with E-state index in [4.69, 9.17) is 9.47 Å². The molecule has 0 amide bonds. The summed E-state index contributed by atoms with van der Waals surface area (Å²) in [7, 11) is 3.22. The van der Waals surface area contributed by atoms with Crippen molar-refractivity contribution in [3.05, 3.63) is 52.1 Å². The number of nitrogens with one attached hydrogen (secondary N) is 1. The SMILES string of the molecule is COc1ccc(C(C)Nc2nc3ccc([N+](=O)[O-])cc3s2)c(OC)c1. The van der Waals surface area contributed by atoms with Gasteiger partial charge in [0.05, 0.1) is 35.4 Å². The van der Waals surface area contributed by atoms with Crippen LogP contribution < -0.4 is 14.8 Å². The quantitative estimate of drug-likeness (QED) is 0.519. The number of fused-ring (bicyclic) bond motifs is 1. The molecule has 0 saturated heterocycles. The Morgan fingerprint density at radius 2 is 2.00 bits per heavy atom. The number of thiazole rings is 1. The van der Waals surface area contributed by atoms with Crippen molar-refractivity contribution in [1.29, 1.82) is 0 Å². The molecule has 3 rings (SSSR count). The van der Waals surface area contributed by atoms with Gasteiger partial charge in [-0.15, -0.1) is 0 Å². The van der Waals surface area contributed by atoms with Gasteiger partial charge >= 0.3 is 0 Å². The number of non-ortho nitro benzene ring substituents is 1. The number of nitro groups is 1. The van der Waals surface area contributed by atoms with Crippen LogP contribution in [0.15, 0.2) is 36.4 Å². The summed E-state index contributed by atoms with van der Waals surface area (Å²) in [6.07, 6.45) is 0. The Bertz CT molecular complexity index is 925. The number of nitrogens with zero attached hydrogens (tertiary/aromatic N) is 2. The summed E-state index contributed by atoms with van der Waals surface area (Å²) in [5.41, 5.74) is 1.76. The van der Waals surface area contributed by atoms with Crippen LogP contribution in [-0.2, 0) is 0 Å². The van der Waals surface area contributed by atoms with E-state index in [2.05, 4.69) is 10.3 Å². The van der Waals surface area contributed by atoms with Gasteiger partial charge in [-0.1, -0.05) is 11.3 Å². The van der Waals surface area contributed by atoms with Crippen LogP contribution in [0, 0.1) is 10.1 Å². The lowest BCUT2D eigenvalue weighted by Crippen LogP contribution is -2.08. The third kappa shape index (κ3) is 3.48. The Morgan fingerprint density at radius 1 is 1.20 bits per heavy atom. The van der Waals surface area contributed by atoms with Crippen molar-refractivity contribution in [1.82, 2.24) is 4.98 Å². The third-order valence-corrected chi connectivity index (χ3v) is 4.78. The molecule has 1 N–H and O–H groups in total. The predicted octanol–water partition coefficient (Wildman–Crippen LogP) is 4.39. The van der Waals surface area contributed by atoms with Gasteiger partial charge in [0, 0.05) is 23.8 Å². The predicted molar refractivity (Wildman–Crippen MR) is 97.9 cm³/mol. The molecule has 2 aromatic carbocycles. The number of aromatic nitrogens is 1. The van der Waals surface area contributed by atoms with Crippen LogP contribution in [0.3, 0.4) is 0 Å². The lowest BCUT2D eigenvalue weighted by Gasteiger charge is -2.17. The number of hydrogen-bond acceptors (Lipinski definition) is 7. The first-order valence-corrected chi connectivity index (χ1v) is 8.37. The fourth-order valence-electron chi connectivity index (χ4n) is 2.53. The molecule has 0 radical (unpaired) electrons. The Morgan fingerprint density at radius 3 is 2.68 bits per heavy atom. The summed E-state index contributed by atoms with van der Waals surface area (Å²) in [4.78, 5) is 15.0. The van der Waals surface area contributed by atoms with E-state index in [-0.39, 0.29) is 11.7 Å². The van der Waals surface area contributed by atoms with Crippen molar-refractivity contribution in [3.63, 3.8) is 0 Å². The molecule has 0 aliphatic heterocycles. The maximum atomic E-state index is 10.9. The van der Waals surface area contributed by atoms with E-state index < -0.39 is 4.92 Å². The molecular formula is C17H17N3O4S. The van der Waals surface area contributed by atoms with Gasteiger partial charge in [-0.25, -0.2) is 4.98 Å². The van der Waals surface area contributed by atoms with E-state index in [1.54, 1.807) is 20.3 Å². The summed E-state index contributed by atoms with van der Waals surface area (Å²) in [6.45, 7) is 2.00. The van der Waals surface area contributed by atoms with E-state index in [0.29, 0.717) is 5.13 Å². The standard InChI is InChI=1S/C17H17N3O4S/c1-10(13-6-5-12(23-2)9-15(13)24-3)18-17-19-14-7-4-11(20(21)22)8-16(14)25-17/h4-10H,1-3H3,(H,18,19). The highest BCUT2D eigenvalue weighted by Crippen LogP contribution is 2.34. The van der Waals surface area contributed by atoms with Gasteiger partial charge in [-0.3, -0.25) is 10.1 Å². The number of ether oxygens (including phenoxy) is 2. The Labute approximate surface area is 148 Å². The van der Waals surface area contributed by atoms with Gasteiger partial charge < -0.3 is 14.8 Å². The summed E-state index contributed by atoms with van der Waals surface area (Å²) < 4.78 is 11.4. The molecule has 130 valence electrons. The van der Waals surface area contributed by atoms with E-state index in [9.17, 15) is 10.1 Å². The van der Waals surface area contributed by atoms with Gasteiger partial charge in [0.15, 0.2) is 5.13 Å². The number of anilines is 1. The second kappa shape index (κ2) is 6.94. The maximum Gasteiger partial charge on any atom is 0.270 e. The molecule has 0 bridgehead atoms. The van der Waals surface area contributed by atoms with Crippen molar-refractivity contribution < 1.29 is 14.4 Å². The number of nitro benzene ring substituents is 1.